The molecule has 0 atom stereocenters. The lowest BCUT2D eigenvalue weighted by Gasteiger charge is -2.62. The Morgan fingerprint density at radius 3 is 2.55 bits per heavy atom. The van der Waals surface area contributed by atoms with E-state index in [-0.39, 0.29) is 16.3 Å². The molecule has 20 heavy (non-hydrogen) atoms. The first-order valence-electron chi connectivity index (χ1n) is 6.48. The van der Waals surface area contributed by atoms with E-state index in [2.05, 4.69) is 9.97 Å². The van der Waals surface area contributed by atoms with Gasteiger partial charge in [0, 0.05) is 23.9 Å². The lowest BCUT2D eigenvalue weighted by molar-refractivity contribution is -0.0884. The van der Waals surface area contributed by atoms with Crippen molar-refractivity contribution < 1.29 is 8.42 Å². The summed E-state index contributed by atoms with van der Waals surface area (Å²) in [5.74, 6) is 0.716. The van der Waals surface area contributed by atoms with Crippen molar-refractivity contribution in [3.8, 4) is 0 Å². The molecule has 5 rings (SSSR count). The SMILES string of the molecule is CS(=O)(=O)c1ncc2ccc(=O)n(C34CC(C3)C4)c2n1. The zero-order chi connectivity index (χ0) is 14.1. The molecule has 3 fully saturated rings. The molecule has 0 amide bonds. The largest absolute Gasteiger partial charge is 0.286 e. The number of fused-ring (bicyclic) bond motifs is 1. The highest BCUT2D eigenvalue weighted by Crippen LogP contribution is 2.62. The number of rotatable bonds is 2. The number of aromatic nitrogens is 3. The fraction of sp³-hybridized carbons (Fsp3) is 0.462. The Morgan fingerprint density at radius 1 is 1.30 bits per heavy atom. The standard InChI is InChI=1S/C13H13N3O3S/c1-20(18,19)12-14-7-9-2-3-10(17)16(11(9)15-12)13-4-8(5-13)6-13/h2-3,7-8H,4-6H2,1H3. The normalized spacial score (nSPS) is 27.9. The number of hydrogen-bond acceptors (Lipinski definition) is 5. The minimum absolute atomic E-state index is 0.117. The van der Waals surface area contributed by atoms with Crippen LogP contribution in [0.3, 0.4) is 0 Å². The van der Waals surface area contributed by atoms with E-state index in [1.54, 1.807) is 10.6 Å². The summed E-state index contributed by atoms with van der Waals surface area (Å²) in [7, 11) is -3.48. The molecule has 0 aromatic carbocycles. The van der Waals surface area contributed by atoms with Crippen molar-refractivity contribution in [2.24, 2.45) is 5.92 Å². The highest BCUT2D eigenvalue weighted by atomic mass is 32.2. The summed E-state index contributed by atoms with van der Waals surface area (Å²) < 4.78 is 24.9. The van der Waals surface area contributed by atoms with E-state index in [1.807, 2.05) is 0 Å². The zero-order valence-electron chi connectivity index (χ0n) is 10.9. The van der Waals surface area contributed by atoms with Gasteiger partial charge in [-0.15, -0.1) is 0 Å². The van der Waals surface area contributed by atoms with Crippen LogP contribution >= 0.6 is 0 Å². The Morgan fingerprint density at radius 2 is 2.00 bits per heavy atom. The predicted molar refractivity (Wildman–Crippen MR) is 72.2 cm³/mol. The van der Waals surface area contributed by atoms with Gasteiger partial charge in [-0.2, -0.15) is 4.98 Å². The van der Waals surface area contributed by atoms with Crippen LogP contribution in [0.15, 0.2) is 28.3 Å². The molecular weight excluding hydrogens is 278 g/mol. The summed E-state index contributed by atoms with van der Waals surface area (Å²) in [6.45, 7) is 0. The monoisotopic (exact) mass is 291 g/mol. The Balaban J connectivity index is 2.05. The maximum absolute atomic E-state index is 12.2. The van der Waals surface area contributed by atoms with E-state index in [1.165, 1.54) is 12.3 Å². The molecule has 0 unspecified atom stereocenters. The average molecular weight is 291 g/mol. The maximum atomic E-state index is 12.2. The first-order chi connectivity index (χ1) is 9.39. The van der Waals surface area contributed by atoms with Crippen LogP contribution in [0.4, 0.5) is 0 Å². The molecule has 2 bridgehead atoms. The quantitative estimate of drug-likeness (QED) is 0.761. The van der Waals surface area contributed by atoms with Gasteiger partial charge in [0.05, 0.1) is 5.54 Å². The zero-order valence-corrected chi connectivity index (χ0v) is 11.7. The predicted octanol–water partition coefficient (Wildman–Crippen LogP) is 0.704. The Kier molecular flexibility index (Phi) is 2.08. The van der Waals surface area contributed by atoms with Crippen LogP contribution in [0.25, 0.3) is 11.0 Å². The number of pyridine rings is 1. The van der Waals surface area contributed by atoms with Gasteiger partial charge in [0.15, 0.2) is 0 Å². The summed E-state index contributed by atoms with van der Waals surface area (Å²) >= 11 is 0. The van der Waals surface area contributed by atoms with Gasteiger partial charge < -0.3 is 0 Å². The van der Waals surface area contributed by atoms with Gasteiger partial charge in [0.2, 0.25) is 15.0 Å². The van der Waals surface area contributed by atoms with Gasteiger partial charge in [-0.3, -0.25) is 9.36 Å². The van der Waals surface area contributed by atoms with Crippen molar-refractivity contribution in [3.63, 3.8) is 0 Å². The molecule has 6 nitrogen and oxygen atoms in total. The summed E-state index contributed by atoms with van der Waals surface area (Å²) in [5, 5.41) is 0.470. The molecule has 2 aromatic heterocycles. The van der Waals surface area contributed by atoms with E-state index in [0.29, 0.717) is 17.0 Å². The molecular formula is C13H13N3O3S. The second-order valence-electron chi connectivity index (χ2n) is 5.91. The van der Waals surface area contributed by atoms with E-state index >= 15 is 0 Å². The Hall–Kier alpha value is -1.76. The molecule has 2 aromatic rings. The number of sulfone groups is 1. The maximum Gasteiger partial charge on any atom is 0.252 e. The van der Waals surface area contributed by atoms with Crippen molar-refractivity contribution in [1.82, 2.24) is 14.5 Å². The fourth-order valence-corrected chi connectivity index (χ4v) is 3.84. The van der Waals surface area contributed by atoms with E-state index in [0.717, 1.165) is 25.5 Å². The molecule has 3 saturated carbocycles. The molecule has 0 spiro atoms. The second-order valence-corrected chi connectivity index (χ2v) is 7.82. The van der Waals surface area contributed by atoms with Crippen molar-refractivity contribution in [3.05, 3.63) is 28.7 Å². The summed E-state index contributed by atoms with van der Waals surface area (Å²) in [6, 6.07) is 3.15. The van der Waals surface area contributed by atoms with E-state index in [9.17, 15) is 13.2 Å². The average Bonchev–Trinajstić information content (AvgIpc) is 2.27. The van der Waals surface area contributed by atoms with Gasteiger partial charge in [-0.05, 0) is 31.2 Å². The van der Waals surface area contributed by atoms with Crippen molar-refractivity contribution in [2.45, 2.75) is 30.0 Å². The van der Waals surface area contributed by atoms with Crippen LogP contribution in [-0.4, -0.2) is 29.2 Å². The molecule has 0 saturated heterocycles. The van der Waals surface area contributed by atoms with Crippen LogP contribution in [0.5, 0.6) is 0 Å². The van der Waals surface area contributed by atoms with E-state index in [4.69, 9.17) is 0 Å². The molecule has 0 radical (unpaired) electrons. The van der Waals surface area contributed by atoms with Crippen molar-refractivity contribution in [2.75, 3.05) is 6.26 Å². The minimum Gasteiger partial charge on any atom is -0.286 e. The molecule has 7 heteroatoms. The molecule has 104 valence electrons. The van der Waals surface area contributed by atoms with Crippen LogP contribution < -0.4 is 5.56 Å². The lowest BCUT2D eigenvalue weighted by Crippen LogP contribution is -2.62. The first-order valence-corrected chi connectivity index (χ1v) is 8.38. The smallest absolute Gasteiger partial charge is 0.252 e. The third-order valence-electron chi connectivity index (χ3n) is 4.42. The Bertz CT molecular complexity index is 884. The highest BCUT2D eigenvalue weighted by molar-refractivity contribution is 7.90. The molecule has 0 aliphatic heterocycles. The van der Waals surface area contributed by atoms with Gasteiger partial charge in [-0.1, -0.05) is 0 Å². The third kappa shape index (κ3) is 1.44. The molecule has 3 aliphatic rings. The lowest BCUT2D eigenvalue weighted by atomic mass is 9.49. The fourth-order valence-electron chi connectivity index (χ4n) is 3.35. The van der Waals surface area contributed by atoms with E-state index < -0.39 is 9.84 Å². The second kappa shape index (κ2) is 3.46. The van der Waals surface area contributed by atoms with Gasteiger partial charge in [-0.25, -0.2) is 13.4 Å². The van der Waals surface area contributed by atoms with Gasteiger partial charge >= 0.3 is 0 Å². The van der Waals surface area contributed by atoms with Crippen LogP contribution in [0.2, 0.25) is 0 Å². The summed E-state index contributed by atoms with van der Waals surface area (Å²) in [5.41, 5.74) is 0.185. The molecule has 0 N–H and O–H groups in total. The summed E-state index contributed by atoms with van der Waals surface area (Å²) in [4.78, 5) is 20.2. The van der Waals surface area contributed by atoms with Gasteiger partial charge in [0.25, 0.3) is 5.56 Å². The molecule has 3 aliphatic carbocycles. The van der Waals surface area contributed by atoms with Crippen LogP contribution in [-0.2, 0) is 15.4 Å². The van der Waals surface area contributed by atoms with Gasteiger partial charge in [0.1, 0.15) is 5.65 Å². The minimum atomic E-state index is -3.48. The Labute approximate surface area is 115 Å². The topological polar surface area (TPSA) is 81.9 Å². The summed E-state index contributed by atoms with van der Waals surface area (Å²) in [6.07, 6.45) is 5.51. The number of hydrogen-bond donors (Lipinski definition) is 0. The van der Waals surface area contributed by atoms with Crippen LogP contribution in [0.1, 0.15) is 19.3 Å². The van der Waals surface area contributed by atoms with Crippen molar-refractivity contribution >= 4 is 20.9 Å². The highest BCUT2D eigenvalue weighted by Gasteiger charge is 2.58. The van der Waals surface area contributed by atoms with Crippen molar-refractivity contribution in [1.29, 1.82) is 0 Å². The van der Waals surface area contributed by atoms with Crippen LogP contribution in [0, 0.1) is 5.92 Å². The number of nitrogens with zero attached hydrogens (tertiary/aromatic N) is 3. The molecule has 2 heterocycles. The first kappa shape index (κ1) is 12.0. The third-order valence-corrected chi connectivity index (χ3v) is 5.28.